The van der Waals surface area contributed by atoms with Crippen LogP contribution in [0.25, 0.3) is 0 Å². The van der Waals surface area contributed by atoms with Crippen LogP contribution >= 0.6 is 0 Å². The van der Waals surface area contributed by atoms with Crippen LogP contribution in [0.2, 0.25) is 0 Å². The summed E-state index contributed by atoms with van der Waals surface area (Å²) in [5, 5.41) is 35.3. The fourth-order valence-electron chi connectivity index (χ4n) is 1.80. The van der Waals surface area contributed by atoms with Crippen molar-refractivity contribution in [2.45, 2.75) is 0 Å². The highest BCUT2D eigenvalue weighted by Crippen LogP contribution is 2.39. The Balaban J connectivity index is 2.63. The summed E-state index contributed by atoms with van der Waals surface area (Å²) in [6.07, 6.45) is 0. The van der Waals surface area contributed by atoms with Crippen LogP contribution in [0.5, 0.6) is 0 Å². The Morgan fingerprint density at radius 2 is 1.30 bits per heavy atom. The number of rotatable bonds is 5. The minimum absolute atomic E-state index is 0.145. The summed E-state index contributed by atoms with van der Waals surface area (Å²) >= 11 is 0. The molecule has 10 nitrogen and oxygen atoms in total. The van der Waals surface area contributed by atoms with Crippen LogP contribution in [0, 0.1) is 36.2 Å². The van der Waals surface area contributed by atoms with E-state index in [-0.39, 0.29) is 5.69 Å². The topological polar surface area (TPSA) is 141 Å². The number of hydrogen-bond donors (Lipinski definition) is 1. The predicted molar refractivity (Wildman–Crippen MR) is 76.1 cm³/mol. The van der Waals surface area contributed by atoms with Gasteiger partial charge in [-0.25, -0.2) is 4.39 Å². The Kier molecular flexibility index (Phi) is 4.12. The van der Waals surface area contributed by atoms with Crippen molar-refractivity contribution in [1.82, 2.24) is 0 Å². The fraction of sp³-hybridized carbons (Fsp3) is 0. The van der Waals surface area contributed by atoms with E-state index in [0.717, 1.165) is 12.1 Å². The number of halogens is 1. The number of nitrogens with zero attached hydrogens (tertiary/aromatic N) is 3. The first-order chi connectivity index (χ1) is 10.8. The number of hydrogen-bond acceptors (Lipinski definition) is 7. The van der Waals surface area contributed by atoms with Crippen LogP contribution in [-0.4, -0.2) is 14.8 Å². The summed E-state index contributed by atoms with van der Waals surface area (Å²) in [7, 11) is 0. The van der Waals surface area contributed by atoms with Crippen molar-refractivity contribution < 1.29 is 19.2 Å². The van der Waals surface area contributed by atoms with E-state index in [1.807, 2.05) is 0 Å². The second-order valence-electron chi connectivity index (χ2n) is 4.26. The molecule has 2 aromatic carbocycles. The van der Waals surface area contributed by atoms with Crippen molar-refractivity contribution in [3.05, 3.63) is 72.6 Å². The van der Waals surface area contributed by atoms with Gasteiger partial charge in [-0.05, 0) is 24.3 Å². The molecule has 0 unspecified atom stereocenters. The van der Waals surface area contributed by atoms with E-state index in [9.17, 15) is 34.7 Å². The van der Waals surface area contributed by atoms with Gasteiger partial charge < -0.3 is 5.32 Å². The van der Waals surface area contributed by atoms with Crippen molar-refractivity contribution in [2.24, 2.45) is 0 Å². The van der Waals surface area contributed by atoms with Crippen LogP contribution < -0.4 is 5.32 Å². The highest BCUT2D eigenvalue weighted by molar-refractivity contribution is 5.81. The van der Waals surface area contributed by atoms with Crippen molar-refractivity contribution >= 4 is 28.4 Å². The van der Waals surface area contributed by atoms with Gasteiger partial charge in [0, 0.05) is 5.69 Å². The molecule has 0 saturated heterocycles. The number of anilines is 2. The summed E-state index contributed by atoms with van der Waals surface area (Å²) in [5.74, 6) is -0.566. The highest BCUT2D eigenvalue weighted by atomic mass is 19.1. The molecular weight excluding hydrogens is 315 g/mol. The second kappa shape index (κ2) is 6.01. The molecule has 0 saturated carbocycles. The van der Waals surface area contributed by atoms with E-state index >= 15 is 0 Å². The van der Waals surface area contributed by atoms with E-state index in [1.54, 1.807) is 0 Å². The van der Waals surface area contributed by atoms with Gasteiger partial charge in [-0.2, -0.15) is 0 Å². The van der Waals surface area contributed by atoms with Gasteiger partial charge in [-0.15, -0.1) is 0 Å². The van der Waals surface area contributed by atoms with Gasteiger partial charge in [-0.1, -0.05) is 0 Å². The maximum absolute atomic E-state index is 12.9. The van der Waals surface area contributed by atoms with Gasteiger partial charge in [0.25, 0.3) is 5.69 Å². The average Bonchev–Trinajstić information content (AvgIpc) is 2.48. The third-order valence-corrected chi connectivity index (χ3v) is 2.80. The molecule has 0 radical (unpaired) electrons. The van der Waals surface area contributed by atoms with Crippen LogP contribution in [0.4, 0.5) is 32.8 Å². The molecule has 0 aliphatic carbocycles. The molecule has 11 heteroatoms. The molecule has 0 spiro atoms. The van der Waals surface area contributed by atoms with Gasteiger partial charge >= 0.3 is 11.4 Å². The lowest BCUT2D eigenvalue weighted by Gasteiger charge is -2.07. The van der Waals surface area contributed by atoms with Crippen molar-refractivity contribution in [3.8, 4) is 0 Å². The van der Waals surface area contributed by atoms with E-state index in [0.29, 0.717) is 12.1 Å². The standard InChI is InChI=1S/C12H7FN4O6/c13-7-1-3-8(4-2-7)14-12-10(16(20)21)5-9(15(18)19)6-11(12)17(22)23/h1-6,14H. The van der Waals surface area contributed by atoms with Crippen molar-refractivity contribution in [3.63, 3.8) is 0 Å². The van der Waals surface area contributed by atoms with Crippen LogP contribution in [0.15, 0.2) is 36.4 Å². The first kappa shape index (κ1) is 15.8. The third-order valence-electron chi connectivity index (χ3n) is 2.80. The van der Waals surface area contributed by atoms with Crippen LogP contribution in [0.1, 0.15) is 0 Å². The number of nitro benzene ring substituents is 3. The van der Waals surface area contributed by atoms with E-state index in [2.05, 4.69) is 5.32 Å². The number of non-ortho nitro benzene ring substituents is 1. The molecule has 0 heterocycles. The molecule has 0 bridgehead atoms. The zero-order valence-electron chi connectivity index (χ0n) is 11.1. The minimum atomic E-state index is -0.980. The highest BCUT2D eigenvalue weighted by Gasteiger charge is 2.30. The summed E-state index contributed by atoms with van der Waals surface area (Å²) in [5.41, 5.74) is -2.85. The molecule has 0 aliphatic rings. The lowest BCUT2D eigenvalue weighted by molar-refractivity contribution is -0.401. The SMILES string of the molecule is O=[N+]([O-])c1cc([N+](=O)[O-])c(Nc2ccc(F)cc2)c([N+](=O)[O-])c1. The Hall–Kier alpha value is -3.63. The number of nitro groups is 3. The largest absolute Gasteiger partial charge is 0.344 e. The van der Waals surface area contributed by atoms with Gasteiger partial charge in [0.1, 0.15) is 5.82 Å². The third kappa shape index (κ3) is 3.34. The molecule has 0 fully saturated rings. The van der Waals surface area contributed by atoms with Crippen molar-refractivity contribution in [2.75, 3.05) is 5.32 Å². The van der Waals surface area contributed by atoms with E-state index in [4.69, 9.17) is 0 Å². The molecule has 118 valence electrons. The Bertz CT molecular complexity index is 773. The summed E-state index contributed by atoms with van der Waals surface area (Å²) < 4.78 is 12.9. The lowest BCUT2D eigenvalue weighted by Crippen LogP contribution is -2.03. The Morgan fingerprint density at radius 1 is 0.826 bits per heavy atom. The lowest BCUT2D eigenvalue weighted by atomic mass is 10.2. The zero-order chi connectivity index (χ0) is 17.1. The monoisotopic (exact) mass is 322 g/mol. The van der Waals surface area contributed by atoms with Crippen LogP contribution in [0.3, 0.4) is 0 Å². The normalized spacial score (nSPS) is 10.1. The predicted octanol–water partition coefficient (Wildman–Crippen LogP) is 3.29. The number of benzene rings is 2. The summed E-state index contributed by atoms with van der Waals surface area (Å²) in [4.78, 5) is 30.0. The molecule has 0 atom stereocenters. The molecule has 0 aromatic heterocycles. The molecule has 2 rings (SSSR count). The number of nitrogens with one attached hydrogen (secondary N) is 1. The quantitative estimate of drug-likeness (QED) is 0.657. The fourth-order valence-corrected chi connectivity index (χ4v) is 1.80. The van der Waals surface area contributed by atoms with Gasteiger partial charge in [0.2, 0.25) is 0 Å². The summed E-state index contributed by atoms with van der Waals surface area (Å²) in [6, 6.07) is 5.74. The van der Waals surface area contributed by atoms with E-state index < -0.39 is 43.3 Å². The van der Waals surface area contributed by atoms with Gasteiger partial charge in [0.15, 0.2) is 5.69 Å². The first-order valence-electron chi connectivity index (χ1n) is 5.93. The Morgan fingerprint density at radius 3 is 1.70 bits per heavy atom. The smallest absolute Gasteiger partial charge is 0.306 e. The molecule has 0 amide bonds. The van der Waals surface area contributed by atoms with Gasteiger partial charge in [-0.3, -0.25) is 30.3 Å². The molecule has 1 N–H and O–H groups in total. The zero-order valence-corrected chi connectivity index (χ0v) is 11.1. The summed E-state index contributed by atoms with van der Waals surface area (Å²) in [6.45, 7) is 0. The first-order valence-corrected chi connectivity index (χ1v) is 5.93. The van der Waals surface area contributed by atoms with Crippen molar-refractivity contribution in [1.29, 1.82) is 0 Å². The minimum Gasteiger partial charge on any atom is -0.344 e. The van der Waals surface area contributed by atoms with Crippen LogP contribution in [-0.2, 0) is 0 Å². The molecule has 23 heavy (non-hydrogen) atoms. The molecular formula is C12H7FN4O6. The Labute approximate surface area is 126 Å². The average molecular weight is 322 g/mol. The van der Waals surface area contributed by atoms with E-state index in [1.165, 1.54) is 12.1 Å². The maximum atomic E-state index is 12.9. The molecule has 2 aromatic rings. The van der Waals surface area contributed by atoms with Gasteiger partial charge in [0.05, 0.1) is 26.9 Å². The maximum Gasteiger partial charge on any atom is 0.306 e. The molecule has 0 aliphatic heterocycles. The second-order valence-corrected chi connectivity index (χ2v) is 4.26.